The SMILES string of the molecule is CCNC(C)(CCCN(CC)CC(C)CC)C(=O)OC. The van der Waals surface area contributed by atoms with Crippen LogP contribution in [0.1, 0.15) is 53.9 Å². The largest absolute Gasteiger partial charge is 0.468 e. The zero-order chi connectivity index (χ0) is 15.6. The minimum atomic E-state index is -0.556. The molecule has 0 aromatic heterocycles. The second-order valence-electron chi connectivity index (χ2n) is 5.86. The predicted molar refractivity (Wildman–Crippen MR) is 84.9 cm³/mol. The van der Waals surface area contributed by atoms with Gasteiger partial charge in [0.15, 0.2) is 0 Å². The molecule has 1 N–H and O–H groups in total. The first kappa shape index (κ1) is 19.4. The molecule has 0 aliphatic rings. The van der Waals surface area contributed by atoms with Gasteiger partial charge in [-0.1, -0.05) is 34.1 Å². The zero-order valence-corrected chi connectivity index (χ0v) is 14.3. The summed E-state index contributed by atoms with van der Waals surface area (Å²) in [5, 5.41) is 3.26. The molecule has 0 aromatic rings. The van der Waals surface area contributed by atoms with Crippen LogP contribution in [-0.2, 0) is 9.53 Å². The van der Waals surface area contributed by atoms with Crippen molar-refractivity contribution in [2.45, 2.75) is 59.4 Å². The number of likely N-dealkylation sites (N-methyl/N-ethyl adjacent to an activating group) is 1. The van der Waals surface area contributed by atoms with Crippen molar-refractivity contribution in [1.82, 2.24) is 10.2 Å². The average Bonchev–Trinajstić information content (AvgIpc) is 2.45. The number of hydrogen-bond acceptors (Lipinski definition) is 4. The molecule has 120 valence electrons. The highest BCUT2D eigenvalue weighted by Crippen LogP contribution is 2.15. The van der Waals surface area contributed by atoms with Crippen LogP contribution < -0.4 is 5.32 Å². The van der Waals surface area contributed by atoms with E-state index in [0.29, 0.717) is 0 Å². The Labute approximate surface area is 125 Å². The van der Waals surface area contributed by atoms with E-state index in [-0.39, 0.29) is 5.97 Å². The van der Waals surface area contributed by atoms with Gasteiger partial charge in [0.1, 0.15) is 5.54 Å². The van der Waals surface area contributed by atoms with Crippen LogP contribution in [0.2, 0.25) is 0 Å². The van der Waals surface area contributed by atoms with Gasteiger partial charge in [-0.25, -0.2) is 0 Å². The van der Waals surface area contributed by atoms with Crippen molar-refractivity contribution >= 4 is 5.97 Å². The summed E-state index contributed by atoms with van der Waals surface area (Å²) in [6, 6.07) is 0. The second kappa shape index (κ2) is 10.2. The summed E-state index contributed by atoms with van der Waals surface area (Å²) < 4.78 is 4.92. The van der Waals surface area contributed by atoms with Crippen molar-refractivity contribution in [2.75, 3.05) is 33.3 Å². The fraction of sp³-hybridized carbons (Fsp3) is 0.938. The average molecular weight is 286 g/mol. The molecule has 0 heterocycles. The Morgan fingerprint density at radius 3 is 2.45 bits per heavy atom. The fourth-order valence-electron chi connectivity index (χ4n) is 2.48. The van der Waals surface area contributed by atoms with E-state index in [9.17, 15) is 4.79 Å². The van der Waals surface area contributed by atoms with E-state index in [1.54, 1.807) is 0 Å². The van der Waals surface area contributed by atoms with Crippen LogP contribution in [-0.4, -0.2) is 49.7 Å². The van der Waals surface area contributed by atoms with Crippen molar-refractivity contribution < 1.29 is 9.53 Å². The number of esters is 1. The summed E-state index contributed by atoms with van der Waals surface area (Å²) in [7, 11) is 1.46. The van der Waals surface area contributed by atoms with Crippen molar-refractivity contribution in [2.24, 2.45) is 5.92 Å². The summed E-state index contributed by atoms with van der Waals surface area (Å²) in [5.41, 5.74) is -0.556. The van der Waals surface area contributed by atoms with Crippen molar-refractivity contribution in [3.8, 4) is 0 Å². The lowest BCUT2D eigenvalue weighted by molar-refractivity contribution is -0.148. The highest BCUT2D eigenvalue weighted by molar-refractivity contribution is 5.80. The van der Waals surface area contributed by atoms with Crippen LogP contribution in [0.15, 0.2) is 0 Å². The second-order valence-corrected chi connectivity index (χ2v) is 5.86. The lowest BCUT2D eigenvalue weighted by Crippen LogP contribution is -2.50. The number of carbonyl (C=O) groups is 1. The van der Waals surface area contributed by atoms with Crippen LogP contribution in [0.25, 0.3) is 0 Å². The van der Waals surface area contributed by atoms with Gasteiger partial charge >= 0.3 is 5.97 Å². The number of hydrogen-bond donors (Lipinski definition) is 1. The van der Waals surface area contributed by atoms with Crippen LogP contribution in [0.4, 0.5) is 0 Å². The molecule has 0 radical (unpaired) electrons. The van der Waals surface area contributed by atoms with Gasteiger partial charge < -0.3 is 15.0 Å². The fourth-order valence-corrected chi connectivity index (χ4v) is 2.48. The van der Waals surface area contributed by atoms with Gasteiger partial charge in [0.05, 0.1) is 7.11 Å². The Morgan fingerprint density at radius 1 is 1.35 bits per heavy atom. The van der Waals surface area contributed by atoms with E-state index >= 15 is 0 Å². The first-order valence-electron chi connectivity index (χ1n) is 7.99. The van der Waals surface area contributed by atoms with Gasteiger partial charge in [0, 0.05) is 6.54 Å². The number of rotatable bonds is 11. The summed E-state index contributed by atoms with van der Waals surface area (Å²) in [4.78, 5) is 14.4. The predicted octanol–water partition coefficient (Wildman–Crippen LogP) is 2.68. The molecule has 0 bridgehead atoms. The Morgan fingerprint density at radius 2 is 2.00 bits per heavy atom. The van der Waals surface area contributed by atoms with Crippen molar-refractivity contribution in [1.29, 1.82) is 0 Å². The molecule has 0 saturated heterocycles. The van der Waals surface area contributed by atoms with Gasteiger partial charge in [-0.3, -0.25) is 4.79 Å². The molecule has 0 aliphatic heterocycles. The first-order valence-corrected chi connectivity index (χ1v) is 7.99. The monoisotopic (exact) mass is 286 g/mol. The molecular formula is C16H34N2O2. The summed E-state index contributed by atoms with van der Waals surface area (Å²) >= 11 is 0. The highest BCUT2D eigenvalue weighted by atomic mass is 16.5. The normalized spacial score (nSPS) is 15.9. The molecule has 0 saturated carbocycles. The molecule has 0 fully saturated rings. The molecule has 20 heavy (non-hydrogen) atoms. The number of nitrogens with one attached hydrogen (secondary N) is 1. The maximum absolute atomic E-state index is 11.9. The summed E-state index contributed by atoms with van der Waals surface area (Å²) in [6.45, 7) is 14.7. The first-order chi connectivity index (χ1) is 9.43. The van der Waals surface area contributed by atoms with E-state index in [4.69, 9.17) is 4.74 Å². The molecule has 0 rings (SSSR count). The van der Waals surface area contributed by atoms with E-state index in [1.165, 1.54) is 13.5 Å². The zero-order valence-electron chi connectivity index (χ0n) is 14.3. The minimum Gasteiger partial charge on any atom is -0.468 e. The number of carbonyl (C=O) groups excluding carboxylic acids is 1. The van der Waals surface area contributed by atoms with E-state index in [0.717, 1.165) is 44.9 Å². The van der Waals surface area contributed by atoms with Crippen LogP contribution in [0.3, 0.4) is 0 Å². The molecule has 0 aromatic carbocycles. The molecular weight excluding hydrogens is 252 g/mol. The number of ether oxygens (including phenoxy) is 1. The topological polar surface area (TPSA) is 41.6 Å². The molecule has 2 unspecified atom stereocenters. The Bertz CT molecular complexity index is 271. The quantitative estimate of drug-likeness (QED) is 0.593. The molecule has 0 aliphatic carbocycles. The Hall–Kier alpha value is -0.610. The van der Waals surface area contributed by atoms with Gasteiger partial charge in [0.25, 0.3) is 0 Å². The van der Waals surface area contributed by atoms with Gasteiger partial charge in [0.2, 0.25) is 0 Å². The van der Waals surface area contributed by atoms with Crippen molar-refractivity contribution in [3.05, 3.63) is 0 Å². The lowest BCUT2D eigenvalue weighted by Gasteiger charge is -2.29. The van der Waals surface area contributed by atoms with Gasteiger partial charge in [-0.05, 0) is 45.3 Å². The lowest BCUT2D eigenvalue weighted by atomic mass is 9.95. The van der Waals surface area contributed by atoms with Crippen LogP contribution >= 0.6 is 0 Å². The maximum atomic E-state index is 11.9. The third kappa shape index (κ3) is 6.71. The Kier molecular flexibility index (Phi) is 9.86. The summed E-state index contributed by atoms with van der Waals surface area (Å²) in [5.74, 6) is 0.569. The smallest absolute Gasteiger partial charge is 0.325 e. The van der Waals surface area contributed by atoms with Crippen LogP contribution in [0, 0.1) is 5.92 Å². The number of methoxy groups -OCH3 is 1. The van der Waals surface area contributed by atoms with Crippen molar-refractivity contribution in [3.63, 3.8) is 0 Å². The Balaban J connectivity index is 4.31. The third-order valence-electron chi connectivity index (χ3n) is 4.07. The van der Waals surface area contributed by atoms with E-state index < -0.39 is 5.54 Å². The van der Waals surface area contributed by atoms with Gasteiger partial charge in [-0.2, -0.15) is 0 Å². The van der Waals surface area contributed by atoms with E-state index in [1.807, 2.05) is 13.8 Å². The third-order valence-corrected chi connectivity index (χ3v) is 4.07. The number of nitrogens with zero attached hydrogens (tertiary/aromatic N) is 1. The standard InChI is InChI=1S/C16H34N2O2/c1-7-14(4)13-18(9-3)12-10-11-16(5,17-8-2)15(19)20-6/h14,17H,7-13H2,1-6H3. The molecule has 0 spiro atoms. The molecule has 4 nitrogen and oxygen atoms in total. The molecule has 4 heteroatoms. The molecule has 2 atom stereocenters. The van der Waals surface area contributed by atoms with Gasteiger partial charge in [-0.15, -0.1) is 0 Å². The minimum absolute atomic E-state index is 0.163. The maximum Gasteiger partial charge on any atom is 0.325 e. The summed E-state index contributed by atoms with van der Waals surface area (Å²) in [6.07, 6.45) is 3.03. The highest BCUT2D eigenvalue weighted by Gasteiger charge is 2.32. The van der Waals surface area contributed by atoms with E-state index in [2.05, 4.69) is 31.0 Å². The molecule has 0 amide bonds. The van der Waals surface area contributed by atoms with Crippen LogP contribution in [0.5, 0.6) is 0 Å².